The summed E-state index contributed by atoms with van der Waals surface area (Å²) in [5, 5.41) is 12.4. The van der Waals surface area contributed by atoms with Crippen LogP contribution in [0.25, 0.3) is 11.4 Å². The predicted octanol–water partition coefficient (Wildman–Crippen LogP) is 3.23. The van der Waals surface area contributed by atoms with Crippen molar-refractivity contribution in [3.8, 4) is 11.4 Å². The molecule has 5 heteroatoms. The number of hydrogen-bond donors (Lipinski definition) is 1. The maximum absolute atomic E-state index is 6.22. The maximum atomic E-state index is 6.22. The molecule has 1 aromatic heterocycles. The van der Waals surface area contributed by atoms with Crippen molar-refractivity contribution in [3.05, 3.63) is 23.8 Å². The van der Waals surface area contributed by atoms with Gasteiger partial charge in [0.05, 0.1) is 6.04 Å². The monoisotopic (exact) mass is 285 g/mol. The van der Waals surface area contributed by atoms with Crippen LogP contribution in [0.5, 0.6) is 0 Å². The van der Waals surface area contributed by atoms with Crippen LogP contribution in [-0.2, 0) is 0 Å². The van der Waals surface area contributed by atoms with Crippen LogP contribution in [0, 0.1) is 18.8 Å². The highest BCUT2D eigenvalue weighted by Gasteiger charge is 2.35. The van der Waals surface area contributed by atoms with E-state index in [1.165, 1.54) is 12.8 Å². The van der Waals surface area contributed by atoms with Crippen LogP contribution in [0.1, 0.15) is 44.7 Å². The number of aryl methyl sites for hydroxylation is 1. The van der Waals surface area contributed by atoms with E-state index < -0.39 is 0 Å². The zero-order valence-electron chi connectivity index (χ0n) is 13.0. The fourth-order valence-electron chi connectivity index (χ4n) is 3.62. The van der Waals surface area contributed by atoms with Crippen LogP contribution >= 0.6 is 0 Å². The van der Waals surface area contributed by atoms with E-state index in [4.69, 9.17) is 5.73 Å². The predicted molar refractivity (Wildman–Crippen MR) is 83.6 cm³/mol. The molecule has 1 heterocycles. The molecule has 1 aromatic carbocycles. The largest absolute Gasteiger partial charge is 0.398 e. The first-order chi connectivity index (χ1) is 10.1. The molecule has 3 unspecified atom stereocenters. The van der Waals surface area contributed by atoms with Crippen LogP contribution in [-0.4, -0.2) is 20.2 Å². The van der Waals surface area contributed by atoms with Gasteiger partial charge in [0.2, 0.25) is 0 Å². The number of nitrogen functional groups attached to an aromatic ring is 1. The summed E-state index contributed by atoms with van der Waals surface area (Å²) in [6.45, 7) is 6.60. The number of anilines is 1. The maximum Gasteiger partial charge on any atom is 0.184 e. The van der Waals surface area contributed by atoms with Gasteiger partial charge in [-0.3, -0.25) is 0 Å². The second-order valence-corrected chi connectivity index (χ2v) is 6.16. The molecule has 0 bridgehead atoms. The van der Waals surface area contributed by atoms with Gasteiger partial charge in [-0.15, -0.1) is 5.10 Å². The number of aromatic nitrogens is 4. The van der Waals surface area contributed by atoms with E-state index in [9.17, 15) is 0 Å². The van der Waals surface area contributed by atoms with Crippen molar-refractivity contribution >= 4 is 5.69 Å². The molecular formula is C16H23N5. The highest BCUT2D eigenvalue weighted by Crippen LogP contribution is 2.42. The highest BCUT2D eigenvalue weighted by molar-refractivity contribution is 5.74. The molecule has 1 aliphatic rings. The zero-order valence-corrected chi connectivity index (χ0v) is 13.0. The number of hydrogen-bond acceptors (Lipinski definition) is 4. The minimum Gasteiger partial charge on any atom is -0.398 e. The topological polar surface area (TPSA) is 69.6 Å². The van der Waals surface area contributed by atoms with Crippen molar-refractivity contribution in [2.45, 2.75) is 46.1 Å². The molecule has 2 N–H and O–H groups in total. The Labute approximate surface area is 125 Å². The van der Waals surface area contributed by atoms with Crippen molar-refractivity contribution in [1.82, 2.24) is 20.2 Å². The van der Waals surface area contributed by atoms with E-state index in [-0.39, 0.29) is 0 Å². The zero-order chi connectivity index (χ0) is 15.0. The molecule has 3 rings (SSSR count). The molecule has 112 valence electrons. The van der Waals surface area contributed by atoms with Crippen LogP contribution in [0.4, 0.5) is 5.69 Å². The molecule has 21 heavy (non-hydrogen) atoms. The third-order valence-corrected chi connectivity index (χ3v) is 5.08. The van der Waals surface area contributed by atoms with Crippen LogP contribution in [0.3, 0.4) is 0 Å². The van der Waals surface area contributed by atoms with Gasteiger partial charge >= 0.3 is 0 Å². The Kier molecular flexibility index (Phi) is 3.66. The van der Waals surface area contributed by atoms with Crippen molar-refractivity contribution in [2.75, 3.05) is 5.73 Å². The number of rotatable bonds is 3. The minimum atomic E-state index is 0.375. The van der Waals surface area contributed by atoms with E-state index in [2.05, 4.69) is 29.4 Å². The molecule has 0 radical (unpaired) electrons. The summed E-state index contributed by atoms with van der Waals surface area (Å²) in [6.07, 6.45) is 3.62. The first kappa shape index (κ1) is 14.0. The Hall–Kier alpha value is -1.91. The fourth-order valence-corrected chi connectivity index (χ4v) is 3.62. The smallest absolute Gasteiger partial charge is 0.184 e. The van der Waals surface area contributed by atoms with E-state index in [1.54, 1.807) is 0 Å². The Balaban J connectivity index is 2.00. The second-order valence-electron chi connectivity index (χ2n) is 6.16. The molecule has 1 fully saturated rings. The summed E-state index contributed by atoms with van der Waals surface area (Å²) in [5.41, 5.74) is 8.99. The van der Waals surface area contributed by atoms with Gasteiger partial charge in [0.15, 0.2) is 5.82 Å². The van der Waals surface area contributed by atoms with Crippen molar-refractivity contribution in [3.63, 3.8) is 0 Å². The van der Waals surface area contributed by atoms with Gasteiger partial charge in [-0.2, -0.15) is 0 Å². The molecule has 0 saturated heterocycles. The summed E-state index contributed by atoms with van der Waals surface area (Å²) < 4.78 is 1.99. The minimum absolute atomic E-state index is 0.375. The molecule has 0 aliphatic heterocycles. The number of tetrazole rings is 1. The number of nitrogens with zero attached hydrogens (tertiary/aromatic N) is 4. The normalized spacial score (nSPS) is 25.4. The fraction of sp³-hybridized carbons (Fsp3) is 0.562. The van der Waals surface area contributed by atoms with Gasteiger partial charge in [0, 0.05) is 11.3 Å². The van der Waals surface area contributed by atoms with Gasteiger partial charge in [0.25, 0.3) is 0 Å². The molecule has 1 saturated carbocycles. The molecule has 3 atom stereocenters. The SMILES string of the molecule is CCC1CCC(n2nnnc2-c2cccc(C)c2N)C1C. The summed E-state index contributed by atoms with van der Waals surface area (Å²) in [7, 11) is 0. The van der Waals surface area contributed by atoms with Crippen molar-refractivity contribution in [1.29, 1.82) is 0 Å². The average Bonchev–Trinajstić information content (AvgIpc) is 3.08. The Morgan fingerprint density at radius 3 is 2.86 bits per heavy atom. The van der Waals surface area contributed by atoms with E-state index >= 15 is 0 Å². The lowest BCUT2D eigenvalue weighted by atomic mass is 9.93. The van der Waals surface area contributed by atoms with E-state index in [0.717, 1.165) is 35.0 Å². The lowest BCUT2D eigenvalue weighted by molar-refractivity contribution is 0.310. The molecule has 0 spiro atoms. The van der Waals surface area contributed by atoms with E-state index in [1.807, 2.05) is 29.8 Å². The van der Waals surface area contributed by atoms with Gasteiger partial charge in [-0.05, 0) is 53.7 Å². The second kappa shape index (κ2) is 5.47. The van der Waals surface area contributed by atoms with Crippen molar-refractivity contribution in [2.24, 2.45) is 11.8 Å². The standard InChI is InChI=1S/C16H23N5/c1-4-12-8-9-14(11(12)3)21-16(18-19-20-21)13-7-5-6-10(2)15(13)17/h5-7,11-12,14H,4,8-9,17H2,1-3H3. The Bertz CT molecular complexity index is 633. The van der Waals surface area contributed by atoms with Gasteiger partial charge in [-0.25, -0.2) is 4.68 Å². The lowest BCUT2D eigenvalue weighted by Crippen LogP contribution is -2.18. The van der Waals surface area contributed by atoms with Crippen LogP contribution < -0.4 is 5.73 Å². The summed E-state index contributed by atoms with van der Waals surface area (Å²) in [6, 6.07) is 6.40. The van der Waals surface area contributed by atoms with Gasteiger partial charge in [0.1, 0.15) is 0 Å². The molecular weight excluding hydrogens is 262 g/mol. The summed E-state index contributed by atoms with van der Waals surface area (Å²) in [5.74, 6) is 2.16. The summed E-state index contributed by atoms with van der Waals surface area (Å²) >= 11 is 0. The first-order valence-corrected chi connectivity index (χ1v) is 7.76. The highest BCUT2D eigenvalue weighted by atomic mass is 15.6. The van der Waals surface area contributed by atoms with E-state index in [0.29, 0.717) is 12.0 Å². The number of nitrogens with two attached hydrogens (primary N) is 1. The molecule has 1 aliphatic carbocycles. The molecule has 2 aromatic rings. The summed E-state index contributed by atoms with van der Waals surface area (Å²) in [4.78, 5) is 0. The Morgan fingerprint density at radius 1 is 1.33 bits per heavy atom. The molecule has 5 nitrogen and oxygen atoms in total. The third-order valence-electron chi connectivity index (χ3n) is 5.08. The van der Waals surface area contributed by atoms with Gasteiger partial charge < -0.3 is 5.73 Å². The van der Waals surface area contributed by atoms with Crippen LogP contribution in [0.2, 0.25) is 0 Å². The number of benzene rings is 1. The van der Waals surface area contributed by atoms with Crippen LogP contribution in [0.15, 0.2) is 18.2 Å². The molecule has 0 amide bonds. The Morgan fingerprint density at radius 2 is 2.14 bits per heavy atom. The quantitative estimate of drug-likeness (QED) is 0.879. The first-order valence-electron chi connectivity index (χ1n) is 7.76. The third kappa shape index (κ3) is 2.30. The number of para-hydroxylation sites is 1. The van der Waals surface area contributed by atoms with Gasteiger partial charge in [-0.1, -0.05) is 32.4 Å². The lowest BCUT2D eigenvalue weighted by Gasteiger charge is -2.21. The average molecular weight is 285 g/mol. The van der Waals surface area contributed by atoms with Crippen molar-refractivity contribution < 1.29 is 0 Å².